The normalized spacial score (nSPS) is 21.3. The first kappa shape index (κ1) is 20.2. The molecule has 2 aliphatic rings. The molecule has 2 aromatic carbocycles. The Balaban J connectivity index is 1.54. The number of benzene rings is 2. The lowest BCUT2D eigenvalue weighted by molar-refractivity contribution is -0.0407. The zero-order valence-electron chi connectivity index (χ0n) is 16.3. The highest BCUT2D eigenvalue weighted by atomic mass is 35.5. The molecule has 152 valence electrons. The predicted octanol–water partition coefficient (Wildman–Crippen LogP) is 4.79. The van der Waals surface area contributed by atoms with Crippen LogP contribution in [0, 0.1) is 13.8 Å². The summed E-state index contributed by atoms with van der Waals surface area (Å²) in [4.78, 5) is 18.1. The van der Waals surface area contributed by atoms with Crippen LogP contribution in [0.25, 0.3) is 0 Å². The van der Waals surface area contributed by atoms with Crippen LogP contribution in [0.15, 0.2) is 41.6 Å². The Kier molecular flexibility index (Phi) is 5.58. The van der Waals surface area contributed by atoms with Gasteiger partial charge in [-0.1, -0.05) is 28.9 Å². The molecule has 0 aliphatic carbocycles. The van der Waals surface area contributed by atoms with Gasteiger partial charge >= 0.3 is 0 Å². The van der Waals surface area contributed by atoms with Gasteiger partial charge in [-0.15, -0.1) is 0 Å². The molecular formula is C22H22ClFN2O2S. The number of amides is 1. The number of carbonyl (C=O) groups is 1. The summed E-state index contributed by atoms with van der Waals surface area (Å²) in [6.45, 7) is 3.10. The van der Waals surface area contributed by atoms with E-state index in [1.807, 2.05) is 49.9 Å². The van der Waals surface area contributed by atoms with Gasteiger partial charge in [0, 0.05) is 40.1 Å². The summed E-state index contributed by atoms with van der Waals surface area (Å²) < 4.78 is 14.1. The third kappa shape index (κ3) is 4.01. The van der Waals surface area contributed by atoms with Gasteiger partial charge < -0.3 is 10.2 Å². The number of halogens is 2. The van der Waals surface area contributed by atoms with Gasteiger partial charge in [0.25, 0.3) is 5.91 Å². The summed E-state index contributed by atoms with van der Waals surface area (Å²) in [6, 6.07) is 11.2. The second kappa shape index (κ2) is 8.00. The molecule has 4 rings (SSSR count). The molecule has 1 N–H and O–H groups in total. The Labute approximate surface area is 178 Å². The lowest BCUT2D eigenvalue weighted by Gasteiger charge is -2.26. The lowest BCUT2D eigenvalue weighted by Crippen LogP contribution is -2.44. The molecule has 0 aromatic heterocycles. The first-order valence-electron chi connectivity index (χ1n) is 9.48. The van der Waals surface area contributed by atoms with E-state index in [-0.39, 0.29) is 11.9 Å². The molecule has 2 aliphatic heterocycles. The highest BCUT2D eigenvalue weighted by molar-refractivity contribution is 8.00. The van der Waals surface area contributed by atoms with Gasteiger partial charge in [-0.05, 0) is 54.8 Å². The molecule has 1 amide bonds. The number of aryl methyl sites for hydroxylation is 2. The van der Waals surface area contributed by atoms with Crippen LogP contribution in [0.1, 0.15) is 39.0 Å². The van der Waals surface area contributed by atoms with Gasteiger partial charge in [-0.2, -0.15) is 11.8 Å². The van der Waals surface area contributed by atoms with E-state index in [0.717, 1.165) is 28.2 Å². The highest BCUT2D eigenvalue weighted by Crippen LogP contribution is 2.38. The maximum Gasteiger partial charge on any atom is 0.251 e. The molecule has 0 saturated carbocycles. The molecule has 4 nitrogen and oxygen atoms in total. The van der Waals surface area contributed by atoms with E-state index in [2.05, 4.69) is 10.5 Å². The maximum atomic E-state index is 14.1. The summed E-state index contributed by atoms with van der Waals surface area (Å²) in [6.07, 6.45) is 0.299. The molecule has 1 atom stereocenters. The number of alkyl halides is 1. The van der Waals surface area contributed by atoms with Crippen molar-refractivity contribution in [3.05, 3.63) is 69.2 Å². The number of hydrogen-bond acceptors (Lipinski definition) is 4. The van der Waals surface area contributed by atoms with E-state index in [1.165, 1.54) is 0 Å². The van der Waals surface area contributed by atoms with Gasteiger partial charge in [-0.3, -0.25) is 4.79 Å². The number of carbonyl (C=O) groups excluding carboxylic acids is 1. The maximum absolute atomic E-state index is 14.1. The first-order valence-corrected chi connectivity index (χ1v) is 11.0. The summed E-state index contributed by atoms with van der Waals surface area (Å²) in [5, 5.41) is 7.77. The number of thioether (sulfide) groups is 1. The van der Waals surface area contributed by atoms with Crippen LogP contribution in [0.3, 0.4) is 0 Å². The van der Waals surface area contributed by atoms with Crippen LogP contribution in [-0.2, 0) is 10.4 Å². The Bertz CT molecular complexity index is 973. The average Bonchev–Trinajstić information content (AvgIpc) is 3.09. The molecule has 2 heterocycles. The molecule has 0 radical (unpaired) electrons. The van der Waals surface area contributed by atoms with Crippen LogP contribution in [0.5, 0.6) is 0 Å². The Morgan fingerprint density at radius 3 is 2.72 bits per heavy atom. The van der Waals surface area contributed by atoms with Gasteiger partial charge in [0.15, 0.2) is 5.60 Å². The molecule has 1 unspecified atom stereocenters. The highest BCUT2D eigenvalue weighted by Gasteiger charge is 2.42. The minimum absolute atomic E-state index is 0.0588. The van der Waals surface area contributed by atoms with Crippen molar-refractivity contribution in [1.29, 1.82) is 0 Å². The fraction of sp³-hybridized carbons (Fsp3) is 0.364. The van der Waals surface area contributed by atoms with Crippen LogP contribution < -0.4 is 5.32 Å². The van der Waals surface area contributed by atoms with Crippen LogP contribution >= 0.6 is 23.4 Å². The second-order valence-electron chi connectivity index (χ2n) is 7.69. The summed E-state index contributed by atoms with van der Waals surface area (Å²) in [5.74, 6) is 1.87. The van der Waals surface area contributed by atoms with E-state index in [9.17, 15) is 9.18 Å². The van der Waals surface area contributed by atoms with Crippen LogP contribution in [-0.4, -0.2) is 35.8 Å². The molecule has 2 aromatic rings. The lowest BCUT2D eigenvalue weighted by atomic mass is 9.87. The minimum Gasteiger partial charge on any atom is -0.381 e. The third-order valence-electron chi connectivity index (χ3n) is 5.35. The van der Waals surface area contributed by atoms with Crippen LogP contribution in [0.2, 0.25) is 5.02 Å². The topological polar surface area (TPSA) is 50.7 Å². The summed E-state index contributed by atoms with van der Waals surface area (Å²) in [5.41, 5.74) is 3.43. The SMILES string of the molecule is Cc1cc(Cl)cc(C2(CF)CC(c3ccc(C(=O)NC4CSC4)c(C)c3)=NO2)c1. The van der Waals surface area contributed by atoms with Gasteiger partial charge in [-0.25, -0.2) is 4.39 Å². The van der Waals surface area contributed by atoms with Gasteiger partial charge in [0.05, 0.1) is 5.71 Å². The standard InChI is InChI=1S/C22H22ClFN2O2S/c1-13-5-16(8-17(23)6-13)22(12-24)9-20(26-28-22)15-3-4-19(14(2)7-15)21(27)25-18-10-29-11-18/h3-8,18H,9-12H2,1-2H3,(H,25,27). The molecule has 29 heavy (non-hydrogen) atoms. The van der Waals surface area contributed by atoms with Gasteiger partial charge in [0.1, 0.15) is 6.67 Å². The predicted molar refractivity (Wildman–Crippen MR) is 116 cm³/mol. The molecule has 0 bridgehead atoms. The number of rotatable bonds is 5. The minimum atomic E-state index is -1.17. The smallest absolute Gasteiger partial charge is 0.251 e. The van der Waals surface area contributed by atoms with E-state index in [1.54, 1.807) is 12.1 Å². The van der Waals surface area contributed by atoms with Crippen molar-refractivity contribution < 1.29 is 14.0 Å². The number of nitrogens with zero attached hydrogens (tertiary/aromatic N) is 1. The third-order valence-corrected chi connectivity index (χ3v) is 6.84. The van der Waals surface area contributed by atoms with E-state index in [4.69, 9.17) is 16.4 Å². The van der Waals surface area contributed by atoms with Crippen molar-refractivity contribution in [2.24, 2.45) is 5.16 Å². The fourth-order valence-electron chi connectivity index (χ4n) is 3.62. The van der Waals surface area contributed by atoms with Crippen molar-refractivity contribution in [2.75, 3.05) is 18.2 Å². The number of nitrogens with one attached hydrogen (secondary N) is 1. The van der Waals surface area contributed by atoms with Crippen LogP contribution in [0.4, 0.5) is 4.39 Å². The van der Waals surface area contributed by atoms with E-state index in [0.29, 0.717) is 28.3 Å². The molecule has 7 heteroatoms. The second-order valence-corrected chi connectivity index (χ2v) is 9.20. The Morgan fingerprint density at radius 2 is 2.10 bits per heavy atom. The van der Waals surface area contributed by atoms with Crippen molar-refractivity contribution in [3.8, 4) is 0 Å². The zero-order chi connectivity index (χ0) is 20.6. The monoisotopic (exact) mass is 432 g/mol. The van der Waals surface area contributed by atoms with E-state index < -0.39 is 12.3 Å². The largest absolute Gasteiger partial charge is 0.381 e. The molecule has 1 fully saturated rings. The van der Waals surface area contributed by atoms with E-state index >= 15 is 0 Å². The molecule has 1 saturated heterocycles. The number of oxime groups is 1. The molecule has 0 spiro atoms. The van der Waals surface area contributed by atoms with Crippen molar-refractivity contribution >= 4 is 35.0 Å². The summed E-state index contributed by atoms with van der Waals surface area (Å²) in [7, 11) is 0. The number of hydrogen-bond donors (Lipinski definition) is 1. The molecular weight excluding hydrogens is 411 g/mol. The zero-order valence-corrected chi connectivity index (χ0v) is 17.9. The average molecular weight is 433 g/mol. The first-order chi connectivity index (χ1) is 13.9. The quantitative estimate of drug-likeness (QED) is 0.738. The Hall–Kier alpha value is -2.05. The summed E-state index contributed by atoms with van der Waals surface area (Å²) >= 11 is 7.99. The van der Waals surface area contributed by atoms with Crippen molar-refractivity contribution in [3.63, 3.8) is 0 Å². The van der Waals surface area contributed by atoms with Crippen molar-refractivity contribution in [1.82, 2.24) is 5.32 Å². The fourth-order valence-corrected chi connectivity index (χ4v) is 4.54. The van der Waals surface area contributed by atoms with Gasteiger partial charge in [0.2, 0.25) is 0 Å². The van der Waals surface area contributed by atoms with Crippen molar-refractivity contribution in [2.45, 2.75) is 31.9 Å². The Morgan fingerprint density at radius 1 is 1.31 bits per heavy atom.